The fraction of sp³-hybridized carbons (Fsp3) is 0.600. The highest BCUT2D eigenvalue weighted by Crippen LogP contribution is 2.36. The number of piperidine rings is 1. The van der Waals surface area contributed by atoms with Crippen molar-refractivity contribution in [2.24, 2.45) is 11.7 Å². The standard InChI is InChI=1S/C15H21F3N2O/c1-21-13-6-2-4-11(8-13)14(9-19)20-7-3-5-12(10-20)15(16,17)18/h2,4,6,8,12,14H,3,5,7,9-10,19H2,1H3. The lowest BCUT2D eigenvalue weighted by Crippen LogP contribution is -2.45. The molecule has 2 N–H and O–H groups in total. The SMILES string of the molecule is COc1cccc(C(CN)N2CCCC(C(F)(F)F)C2)c1. The van der Waals surface area contributed by atoms with Gasteiger partial charge in [-0.05, 0) is 37.1 Å². The van der Waals surface area contributed by atoms with Crippen molar-refractivity contribution in [2.75, 3.05) is 26.7 Å². The number of halogens is 3. The zero-order valence-corrected chi connectivity index (χ0v) is 12.1. The summed E-state index contributed by atoms with van der Waals surface area (Å²) in [5.74, 6) is -0.568. The van der Waals surface area contributed by atoms with Gasteiger partial charge in [0, 0.05) is 19.1 Å². The van der Waals surface area contributed by atoms with Gasteiger partial charge in [-0.3, -0.25) is 4.90 Å². The topological polar surface area (TPSA) is 38.5 Å². The highest BCUT2D eigenvalue weighted by atomic mass is 19.4. The third kappa shape index (κ3) is 3.89. The highest BCUT2D eigenvalue weighted by Gasteiger charge is 2.42. The van der Waals surface area contributed by atoms with Gasteiger partial charge in [0.05, 0.1) is 13.0 Å². The Bertz CT molecular complexity index is 464. The number of hydrogen-bond acceptors (Lipinski definition) is 3. The first-order chi connectivity index (χ1) is 9.95. The summed E-state index contributed by atoms with van der Waals surface area (Å²) in [5.41, 5.74) is 6.72. The molecule has 2 unspecified atom stereocenters. The molecule has 1 aliphatic heterocycles. The van der Waals surface area contributed by atoms with Crippen LogP contribution in [0.2, 0.25) is 0 Å². The smallest absolute Gasteiger partial charge is 0.393 e. The van der Waals surface area contributed by atoms with Gasteiger partial charge in [0.2, 0.25) is 0 Å². The van der Waals surface area contributed by atoms with E-state index in [4.69, 9.17) is 10.5 Å². The molecular formula is C15H21F3N2O. The van der Waals surface area contributed by atoms with Crippen LogP contribution in [0.5, 0.6) is 5.75 Å². The molecule has 0 radical (unpaired) electrons. The molecule has 0 amide bonds. The number of hydrogen-bond donors (Lipinski definition) is 1. The van der Waals surface area contributed by atoms with Gasteiger partial charge in [0.1, 0.15) is 5.75 Å². The van der Waals surface area contributed by atoms with Crippen LogP contribution in [0.1, 0.15) is 24.4 Å². The number of likely N-dealkylation sites (tertiary alicyclic amines) is 1. The zero-order valence-electron chi connectivity index (χ0n) is 12.1. The number of benzene rings is 1. The predicted octanol–water partition coefficient (Wildman–Crippen LogP) is 2.97. The van der Waals surface area contributed by atoms with Gasteiger partial charge in [-0.2, -0.15) is 13.2 Å². The van der Waals surface area contributed by atoms with Crippen molar-refractivity contribution in [3.63, 3.8) is 0 Å². The second kappa shape index (κ2) is 6.66. The van der Waals surface area contributed by atoms with Crippen LogP contribution in [0.4, 0.5) is 13.2 Å². The van der Waals surface area contributed by atoms with Crippen molar-refractivity contribution in [1.29, 1.82) is 0 Å². The maximum atomic E-state index is 12.9. The number of alkyl halides is 3. The van der Waals surface area contributed by atoms with Crippen molar-refractivity contribution in [2.45, 2.75) is 25.1 Å². The summed E-state index contributed by atoms with van der Waals surface area (Å²) >= 11 is 0. The van der Waals surface area contributed by atoms with E-state index in [2.05, 4.69) is 0 Å². The van der Waals surface area contributed by atoms with Crippen molar-refractivity contribution in [1.82, 2.24) is 4.90 Å². The Balaban J connectivity index is 2.16. The molecule has 3 nitrogen and oxygen atoms in total. The van der Waals surface area contributed by atoms with Crippen LogP contribution in [0.3, 0.4) is 0 Å². The Morgan fingerprint density at radius 3 is 2.81 bits per heavy atom. The molecular weight excluding hydrogens is 281 g/mol. The number of ether oxygens (including phenoxy) is 1. The number of methoxy groups -OCH3 is 1. The largest absolute Gasteiger partial charge is 0.497 e. The van der Waals surface area contributed by atoms with Crippen LogP contribution in [0.25, 0.3) is 0 Å². The van der Waals surface area contributed by atoms with Crippen molar-refractivity contribution in [3.8, 4) is 5.75 Å². The molecule has 21 heavy (non-hydrogen) atoms. The third-order valence-electron chi connectivity index (χ3n) is 4.06. The first kappa shape index (κ1) is 16.1. The second-order valence-corrected chi connectivity index (χ2v) is 5.40. The van der Waals surface area contributed by atoms with E-state index in [1.54, 1.807) is 7.11 Å². The molecule has 0 spiro atoms. The normalized spacial score (nSPS) is 22.0. The van der Waals surface area contributed by atoms with Gasteiger partial charge >= 0.3 is 6.18 Å². The summed E-state index contributed by atoms with van der Waals surface area (Å²) in [4.78, 5) is 1.84. The minimum Gasteiger partial charge on any atom is -0.497 e. The molecule has 1 fully saturated rings. The maximum Gasteiger partial charge on any atom is 0.393 e. The molecule has 118 valence electrons. The molecule has 0 aliphatic carbocycles. The summed E-state index contributed by atoms with van der Waals surface area (Å²) in [7, 11) is 1.57. The second-order valence-electron chi connectivity index (χ2n) is 5.40. The van der Waals surface area contributed by atoms with E-state index in [-0.39, 0.29) is 25.6 Å². The number of nitrogens with two attached hydrogens (primary N) is 1. The number of rotatable bonds is 4. The van der Waals surface area contributed by atoms with Gasteiger partial charge in [-0.15, -0.1) is 0 Å². The molecule has 2 rings (SSSR count). The van der Waals surface area contributed by atoms with Crippen molar-refractivity contribution >= 4 is 0 Å². The quantitative estimate of drug-likeness (QED) is 0.929. The molecule has 0 saturated carbocycles. The van der Waals surface area contributed by atoms with E-state index in [1.165, 1.54) is 0 Å². The molecule has 0 aromatic heterocycles. The van der Waals surface area contributed by atoms with Gasteiger partial charge in [-0.1, -0.05) is 12.1 Å². The van der Waals surface area contributed by atoms with Crippen LogP contribution in [0, 0.1) is 5.92 Å². The van der Waals surface area contributed by atoms with E-state index in [1.807, 2.05) is 29.2 Å². The first-order valence-corrected chi connectivity index (χ1v) is 7.10. The molecule has 1 saturated heterocycles. The monoisotopic (exact) mass is 302 g/mol. The summed E-state index contributed by atoms with van der Waals surface area (Å²) in [5, 5.41) is 0. The van der Waals surface area contributed by atoms with Crippen LogP contribution in [-0.4, -0.2) is 37.8 Å². The molecule has 0 bridgehead atoms. The van der Waals surface area contributed by atoms with Gasteiger partial charge in [0.15, 0.2) is 0 Å². The average Bonchev–Trinajstić information content (AvgIpc) is 2.48. The van der Waals surface area contributed by atoms with Crippen LogP contribution < -0.4 is 10.5 Å². The van der Waals surface area contributed by atoms with E-state index in [0.29, 0.717) is 18.7 Å². The zero-order chi connectivity index (χ0) is 15.5. The predicted molar refractivity (Wildman–Crippen MR) is 75.1 cm³/mol. The van der Waals surface area contributed by atoms with Gasteiger partial charge < -0.3 is 10.5 Å². The van der Waals surface area contributed by atoms with E-state index in [9.17, 15) is 13.2 Å². The summed E-state index contributed by atoms with van der Waals surface area (Å²) in [6, 6.07) is 7.17. The molecule has 1 aromatic rings. The van der Waals surface area contributed by atoms with E-state index in [0.717, 1.165) is 5.56 Å². The third-order valence-corrected chi connectivity index (χ3v) is 4.06. The maximum absolute atomic E-state index is 12.9. The Morgan fingerprint density at radius 1 is 1.43 bits per heavy atom. The van der Waals surface area contributed by atoms with E-state index >= 15 is 0 Å². The first-order valence-electron chi connectivity index (χ1n) is 7.10. The van der Waals surface area contributed by atoms with Gasteiger partial charge in [0.25, 0.3) is 0 Å². The summed E-state index contributed by atoms with van der Waals surface area (Å²) < 4.78 is 43.9. The Hall–Kier alpha value is -1.27. The molecule has 1 aliphatic rings. The lowest BCUT2D eigenvalue weighted by molar-refractivity contribution is -0.188. The molecule has 6 heteroatoms. The fourth-order valence-corrected chi connectivity index (χ4v) is 2.90. The fourth-order valence-electron chi connectivity index (χ4n) is 2.90. The minimum absolute atomic E-state index is 0.0164. The number of nitrogens with zero attached hydrogens (tertiary/aromatic N) is 1. The lowest BCUT2D eigenvalue weighted by Gasteiger charge is -2.38. The van der Waals surface area contributed by atoms with Gasteiger partial charge in [-0.25, -0.2) is 0 Å². The highest BCUT2D eigenvalue weighted by molar-refractivity contribution is 5.30. The summed E-state index contributed by atoms with van der Waals surface area (Å²) in [6.07, 6.45) is -3.38. The molecule has 1 aromatic carbocycles. The Morgan fingerprint density at radius 2 is 2.19 bits per heavy atom. The minimum atomic E-state index is -4.13. The van der Waals surface area contributed by atoms with Crippen LogP contribution >= 0.6 is 0 Å². The Kier molecular flexibility index (Phi) is 5.11. The average molecular weight is 302 g/mol. The van der Waals surface area contributed by atoms with Crippen molar-refractivity contribution < 1.29 is 17.9 Å². The van der Waals surface area contributed by atoms with Crippen LogP contribution in [-0.2, 0) is 0 Å². The molecule has 1 heterocycles. The molecule has 2 atom stereocenters. The van der Waals surface area contributed by atoms with E-state index < -0.39 is 12.1 Å². The summed E-state index contributed by atoms with van der Waals surface area (Å²) in [6.45, 7) is 0.950. The van der Waals surface area contributed by atoms with Crippen molar-refractivity contribution in [3.05, 3.63) is 29.8 Å². The Labute approximate surface area is 122 Å². The lowest BCUT2D eigenvalue weighted by atomic mass is 9.94. The van der Waals surface area contributed by atoms with Crippen LogP contribution in [0.15, 0.2) is 24.3 Å².